The number of carbonyl (C=O) groups excluding carboxylic acids is 2. The lowest BCUT2D eigenvalue weighted by molar-refractivity contribution is -0.145. The number of aliphatic hydroxyl groups is 1. The third-order valence-corrected chi connectivity index (χ3v) is 4.33. The van der Waals surface area contributed by atoms with Crippen molar-refractivity contribution < 1.29 is 23.8 Å². The zero-order chi connectivity index (χ0) is 19.3. The standard InChI is InChI=1S/C19H23NO6/c1-4-14(11-21)20(10-12(2)18(23)25-3)17(22)15-9-13-7-5-6-8-16(13)26-19(15)24/h5-9,12,14,21H,4,10-11H2,1-3H3. The Morgan fingerprint density at radius 1 is 1.31 bits per heavy atom. The zero-order valence-electron chi connectivity index (χ0n) is 15.1. The number of methoxy groups -OCH3 is 1. The largest absolute Gasteiger partial charge is 0.469 e. The second-order valence-electron chi connectivity index (χ2n) is 6.11. The number of esters is 1. The van der Waals surface area contributed by atoms with Crippen molar-refractivity contribution in [3.63, 3.8) is 0 Å². The van der Waals surface area contributed by atoms with Crippen molar-refractivity contribution in [3.8, 4) is 0 Å². The molecule has 7 nitrogen and oxygen atoms in total. The summed E-state index contributed by atoms with van der Waals surface area (Å²) in [4.78, 5) is 38.4. The van der Waals surface area contributed by atoms with Crippen LogP contribution in [0.1, 0.15) is 30.6 Å². The summed E-state index contributed by atoms with van der Waals surface area (Å²) < 4.78 is 9.93. The third-order valence-electron chi connectivity index (χ3n) is 4.33. The monoisotopic (exact) mass is 361 g/mol. The van der Waals surface area contributed by atoms with Crippen LogP contribution >= 0.6 is 0 Å². The lowest BCUT2D eigenvalue weighted by Crippen LogP contribution is -2.47. The number of para-hydroxylation sites is 1. The normalized spacial score (nSPS) is 13.2. The maximum Gasteiger partial charge on any atom is 0.349 e. The topological polar surface area (TPSA) is 97.1 Å². The molecule has 1 aromatic carbocycles. The summed E-state index contributed by atoms with van der Waals surface area (Å²) in [6.07, 6.45) is 0.467. The third kappa shape index (κ3) is 4.11. The molecule has 0 fully saturated rings. The highest BCUT2D eigenvalue weighted by atomic mass is 16.5. The molecule has 0 bridgehead atoms. The predicted molar refractivity (Wildman–Crippen MR) is 95.9 cm³/mol. The van der Waals surface area contributed by atoms with E-state index < -0.39 is 29.5 Å². The Kier molecular flexibility index (Phi) is 6.52. The number of benzene rings is 1. The molecule has 7 heteroatoms. The minimum Gasteiger partial charge on any atom is -0.469 e. The number of hydrogen-bond donors (Lipinski definition) is 1. The van der Waals surface area contributed by atoms with Crippen molar-refractivity contribution in [2.24, 2.45) is 5.92 Å². The summed E-state index contributed by atoms with van der Waals surface area (Å²) >= 11 is 0. The van der Waals surface area contributed by atoms with Crippen molar-refractivity contribution >= 4 is 22.8 Å². The molecule has 0 aliphatic heterocycles. The molecule has 1 amide bonds. The van der Waals surface area contributed by atoms with Gasteiger partial charge in [-0.05, 0) is 18.6 Å². The van der Waals surface area contributed by atoms with Gasteiger partial charge in [-0.25, -0.2) is 4.79 Å². The smallest absolute Gasteiger partial charge is 0.349 e. The molecule has 0 aliphatic rings. The predicted octanol–water partition coefficient (Wildman–Crippen LogP) is 1.82. The molecule has 0 saturated carbocycles. The fraction of sp³-hybridized carbons (Fsp3) is 0.421. The molecule has 0 aliphatic carbocycles. The van der Waals surface area contributed by atoms with E-state index in [0.29, 0.717) is 17.4 Å². The molecule has 2 atom stereocenters. The number of hydrogen-bond acceptors (Lipinski definition) is 6. The van der Waals surface area contributed by atoms with E-state index in [-0.39, 0.29) is 18.7 Å². The lowest BCUT2D eigenvalue weighted by atomic mass is 10.1. The number of aliphatic hydroxyl groups excluding tert-OH is 1. The minimum atomic E-state index is -0.753. The molecule has 1 aromatic heterocycles. The Bertz CT molecular complexity index is 839. The van der Waals surface area contributed by atoms with Gasteiger partial charge in [-0.1, -0.05) is 32.0 Å². The average Bonchev–Trinajstić information content (AvgIpc) is 2.66. The quantitative estimate of drug-likeness (QED) is 0.597. The molecule has 0 saturated heterocycles. The van der Waals surface area contributed by atoms with E-state index in [9.17, 15) is 19.5 Å². The maximum absolute atomic E-state index is 13.0. The van der Waals surface area contributed by atoms with Gasteiger partial charge in [-0.15, -0.1) is 0 Å². The average molecular weight is 361 g/mol. The van der Waals surface area contributed by atoms with Crippen LogP contribution in [0.15, 0.2) is 39.5 Å². The van der Waals surface area contributed by atoms with Gasteiger partial charge in [0.1, 0.15) is 11.1 Å². The first kappa shape index (κ1) is 19.7. The van der Waals surface area contributed by atoms with Crippen molar-refractivity contribution in [1.29, 1.82) is 0 Å². The van der Waals surface area contributed by atoms with Gasteiger partial charge in [0, 0.05) is 11.9 Å². The summed E-state index contributed by atoms with van der Waals surface area (Å²) in [7, 11) is 1.27. The first-order chi connectivity index (χ1) is 12.4. The van der Waals surface area contributed by atoms with Crippen LogP contribution in [0, 0.1) is 5.92 Å². The van der Waals surface area contributed by atoms with Crippen LogP contribution in [0.5, 0.6) is 0 Å². The molecule has 2 aromatic rings. The number of rotatable bonds is 7. The highest BCUT2D eigenvalue weighted by molar-refractivity contribution is 5.97. The first-order valence-electron chi connectivity index (χ1n) is 8.45. The Labute approximate surface area is 151 Å². The van der Waals surface area contributed by atoms with E-state index >= 15 is 0 Å². The van der Waals surface area contributed by atoms with Crippen LogP contribution in [-0.2, 0) is 9.53 Å². The van der Waals surface area contributed by atoms with Gasteiger partial charge in [0.15, 0.2) is 0 Å². The molecular weight excluding hydrogens is 338 g/mol. The second-order valence-corrected chi connectivity index (χ2v) is 6.11. The number of nitrogens with zero attached hydrogens (tertiary/aromatic N) is 1. The summed E-state index contributed by atoms with van der Waals surface area (Å²) in [6.45, 7) is 3.18. The van der Waals surface area contributed by atoms with Gasteiger partial charge >= 0.3 is 11.6 Å². The molecule has 2 unspecified atom stereocenters. The van der Waals surface area contributed by atoms with E-state index in [1.54, 1.807) is 31.2 Å². The molecule has 1 N–H and O–H groups in total. The zero-order valence-corrected chi connectivity index (χ0v) is 15.1. The second kappa shape index (κ2) is 8.62. The number of fused-ring (bicyclic) bond motifs is 1. The molecule has 1 heterocycles. The molecule has 140 valence electrons. The Balaban J connectivity index is 2.43. The van der Waals surface area contributed by atoms with E-state index in [4.69, 9.17) is 9.15 Å². The Hall–Kier alpha value is -2.67. The Morgan fingerprint density at radius 2 is 2.00 bits per heavy atom. The lowest BCUT2D eigenvalue weighted by Gasteiger charge is -2.31. The van der Waals surface area contributed by atoms with E-state index in [1.807, 2.05) is 6.92 Å². The SMILES string of the molecule is CCC(CO)N(CC(C)C(=O)OC)C(=O)c1cc2ccccc2oc1=O. The summed E-state index contributed by atoms with van der Waals surface area (Å²) in [6, 6.07) is 7.83. The number of carbonyl (C=O) groups is 2. The highest BCUT2D eigenvalue weighted by Gasteiger charge is 2.29. The van der Waals surface area contributed by atoms with Gasteiger partial charge < -0.3 is 19.2 Å². The molecule has 0 spiro atoms. The fourth-order valence-corrected chi connectivity index (χ4v) is 2.78. The van der Waals surface area contributed by atoms with Gasteiger partial charge in [0.05, 0.1) is 25.7 Å². The summed E-state index contributed by atoms with van der Waals surface area (Å²) in [5, 5.41) is 10.2. The van der Waals surface area contributed by atoms with Crippen molar-refractivity contribution in [2.75, 3.05) is 20.3 Å². The van der Waals surface area contributed by atoms with Crippen LogP contribution < -0.4 is 5.63 Å². The van der Waals surface area contributed by atoms with Gasteiger partial charge in [0.25, 0.3) is 5.91 Å². The van der Waals surface area contributed by atoms with Crippen LogP contribution in [0.4, 0.5) is 0 Å². The van der Waals surface area contributed by atoms with Gasteiger partial charge in [-0.3, -0.25) is 9.59 Å². The summed E-state index contributed by atoms with van der Waals surface area (Å²) in [5.41, 5.74) is -0.498. The maximum atomic E-state index is 13.0. The van der Waals surface area contributed by atoms with Crippen molar-refractivity contribution in [2.45, 2.75) is 26.3 Å². The minimum absolute atomic E-state index is 0.0246. The van der Waals surface area contributed by atoms with E-state index in [2.05, 4.69) is 0 Å². The van der Waals surface area contributed by atoms with E-state index in [0.717, 1.165) is 0 Å². The molecule has 26 heavy (non-hydrogen) atoms. The van der Waals surface area contributed by atoms with Gasteiger partial charge in [0.2, 0.25) is 0 Å². The van der Waals surface area contributed by atoms with E-state index in [1.165, 1.54) is 18.1 Å². The number of amides is 1. The Morgan fingerprint density at radius 3 is 2.62 bits per heavy atom. The van der Waals surface area contributed by atoms with Crippen LogP contribution in [0.2, 0.25) is 0 Å². The van der Waals surface area contributed by atoms with Crippen LogP contribution in [-0.4, -0.2) is 48.2 Å². The molecule has 2 rings (SSSR count). The van der Waals surface area contributed by atoms with Gasteiger partial charge in [-0.2, -0.15) is 0 Å². The summed E-state index contributed by atoms with van der Waals surface area (Å²) in [5.74, 6) is -1.65. The van der Waals surface area contributed by atoms with Crippen LogP contribution in [0.25, 0.3) is 11.0 Å². The highest BCUT2D eigenvalue weighted by Crippen LogP contribution is 2.17. The fourth-order valence-electron chi connectivity index (χ4n) is 2.78. The van der Waals surface area contributed by atoms with Crippen molar-refractivity contribution in [1.82, 2.24) is 4.90 Å². The molecular formula is C19H23NO6. The first-order valence-corrected chi connectivity index (χ1v) is 8.45. The number of ether oxygens (including phenoxy) is 1. The van der Waals surface area contributed by atoms with Crippen LogP contribution in [0.3, 0.4) is 0 Å². The van der Waals surface area contributed by atoms with Crippen molar-refractivity contribution in [3.05, 3.63) is 46.3 Å². The molecule has 0 radical (unpaired) electrons.